The Hall–Kier alpha value is -1.62. The van der Waals surface area contributed by atoms with Gasteiger partial charge in [-0.3, -0.25) is 4.98 Å². The highest BCUT2D eigenvalue weighted by Crippen LogP contribution is 2.51. The third kappa shape index (κ3) is 2.88. The lowest BCUT2D eigenvalue weighted by atomic mass is 9.56. The maximum atomic E-state index is 12.1. The predicted octanol–water partition coefficient (Wildman–Crippen LogP) is 2.65. The molecule has 1 heterocycles. The van der Waals surface area contributed by atoms with E-state index in [0.29, 0.717) is 0 Å². The second kappa shape index (κ2) is 5.64. The minimum absolute atomic E-state index is 0.0900. The highest BCUT2D eigenvalue weighted by atomic mass is 16.5. The summed E-state index contributed by atoms with van der Waals surface area (Å²) in [6, 6.07) is 5.50. The summed E-state index contributed by atoms with van der Waals surface area (Å²) in [7, 11) is 1.72. The molecule has 3 atom stereocenters. The van der Waals surface area contributed by atoms with Crippen LogP contribution in [-0.4, -0.2) is 29.8 Å². The Labute approximate surface area is 126 Å². The number of nitrogens with one attached hydrogen (secondary N) is 2. The van der Waals surface area contributed by atoms with Gasteiger partial charge in [-0.25, -0.2) is 4.79 Å². The van der Waals surface area contributed by atoms with Crippen LogP contribution in [0.5, 0.6) is 0 Å². The van der Waals surface area contributed by atoms with Crippen LogP contribution in [0.25, 0.3) is 0 Å². The van der Waals surface area contributed by atoms with Crippen LogP contribution in [0, 0.1) is 5.41 Å². The van der Waals surface area contributed by atoms with Crippen molar-refractivity contribution in [2.45, 2.75) is 51.8 Å². The zero-order chi connectivity index (χ0) is 15.7. The maximum absolute atomic E-state index is 12.1. The number of amides is 2. The van der Waals surface area contributed by atoms with Gasteiger partial charge in [0.2, 0.25) is 0 Å². The SMILES string of the molecule is CO[C@]1(C)C[C@@H](NC(=O)N[C@H](C)c2ccccn2)C1(C)C. The summed E-state index contributed by atoms with van der Waals surface area (Å²) < 4.78 is 5.57. The van der Waals surface area contributed by atoms with Gasteiger partial charge in [0.25, 0.3) is 0 Å². The van der Waals surface area contributed by atoms with Crippen molar-refractivity contribution < 1.29 is 9.53 Å². The van der Waals surface area contributed by atoms with Gasteiger partial charge in [0.05, 0.1) is 17.3 Å². The molecule has 0 spiro atoms. The minimum atomic E-state index is -0.183. The van der Waals surface area contributed by atoms with Crippen LogP contribution < -0.4 is 10.6 Å². The van der Waals surface area contributed by atoms with E-state index in [1.54, 1.807) is 13.3 Å². The lowest BCUT2D eigenvalue weighted by Gasteiger charge is -2.59. The lowest BCUT2D eigenvalue weighted by molar-refractivity contribution is -0.177. The number of hydrogen-bond acceptors (Lipinski definition) is 3. The summed E-state index contributed by atoms with van der Waals surface area (Å²) in [5.41, 5.74) is 0.576. The summed E-state index contributed by atoms with van der Waals surface area (Å²) in [5.74, 6) is 0. The van der Waals surface area contributed by atoms with E-state index in [1.807, 2.05) is 25.1 Å². The second-order valence-electron chi connectivity index (χ2n) is 6.51. The fourth-order valence-corrected chi connectivity index (χ4v) is 2.83. The molecule has 0 aromatic carbocycles. The molecular formula is C16H25N3O2. The molecule has 116 valence electrons. The highest BCUT2D eigenvalue weighted by Gasteiger charge is 2.58. The van der Waals surface area contributed by atoms with Gasteiger partial charge >= 0.3 is 6.03 Å². The van der Waals surface area contributed by atoms with E-state index in [9.17, 15) is 4.79 Å². The first-order valence-electron chi connectivity index (χ1n) is 7.33. The van der Waals surface area contributed by atoms with Crippen molar-refractivity contribution in [3.05, 3.63) is 30.1 Å². The monoisotopic (exact) mass is 291 g/mol. The van der Waals surface area contributed by atoms with E-state index in [4.69, 9.17) is 4.74 Å². The average Bonchev–Trinajstić information content (AvgIpc) is 2.47. The third-order valence-electron chi connectivity index (χ3n) is 5.06. The summed E-state index contributed by atoms with van der Waals surface area (Å²) in [6.45, 7) is 8.24. The van der Waals surface area contributed by atoms with Gasteiger partial charge in [0.15, 0.2) is 0 Å². The van der Waals surface area contributed by atoms with E-state index in [1.165, 1.54) is 0 Å². The molecule has 1 aromatic heterocycles. The number of methoxy groups -OCH3 is 1. The van der Waals surface area contributed by atoms with Crippen molar-refractivity contribution in [2.24, 2.45) is 5.41 Å². The van der Waals surface area contributed by atoms with Crippen molar-refractivity contribution in [1.29, 1.82) is 0 Å². The van der Waals surface area contributed by atoms with E-state index >= 15 is 0 Å². The van der Waals surface area contributed by atoms with E-state index < -0.39 is 0 Å². The fraction of sp³-hybridized carbons (Fsp3) is 0.625. The van der Waals surface area contributed by atoms with Gasteiger partial charge in [0.1, 0.15) is 0 Å². The summed E-state index contributed by atoms with van der Waals surface area (Å²) >= 11 is 0. The Balaban J connectivity index is 1.89. The van der Waals surface area contributed by atoms with E-state index in [2.05, 4.69) is 36.4 Å². The van der Waals surface area contributed by atoms with Gasteiger partial charge in [-0.1, -0.05) is 19.9 Å². The number of rotatable bonds is 4. The highest BCUT2D eigenvalue weighted by molar-refractivity contribution is 5.75. The maximum Gasteiger partial charge on any atom is 0.315 e. The summed E-state index contributed by atoms with van der Waals surface area (Å²) in [5, 5.41) is 5.96. The molecular weight excluding hydrogens is 266 g/mol. The van der Waals surface area contributed by atoms with Crippen LogP contribution in [0.15, 0.2) is 24.4 Å². The number of hydrogen-bond donors (Lipinski definition) is 2. The summed E-state index contributed by atoms with van der Waals surface area (Å²) in [6.07, 6.45) is 2.55. The average molecular weight is 291 g/mol. The van der Waals surface area contributed by atoms with Gasteiger partial charge < -0.3 is 15.4 Å². The van der Waals surface area contributed by atoms with Crippen LogP contribution in [0.2, 0.25) is 0 Å². The molecule has 21 heavy (non-hydrogen) atoms. The van der Waals surface area contributed by atoms with Crippen molar-refractivity contribution >= 4 is 6.03 Å². The Bertz CT molecular complexity index is 504. The number of carbonyl (C=O) groups is 1. The number of urea groups is 1. The molecule has 0 bridgehead atoms. The Morgan fingerprint density at radius 2 is 2.14 bits per heavy atom. The normalized spacial score (nSPS) is 28.3. The van der Waals surface area contributed by atoms with Gasteiger partial charge in [0, 0.05) is 24.8 Å². The number of pyridine rings is 1. The van der Waals surface area contributed by atoms with E-state index in [0.717, 1.165) is 12.1 Å². The first-order chi connectivity index (χ1) is 9.80. The quantitative estimate of drug-likeness (QED) is 0.896. The fourth-order valence-electron chi connectivity index (χ4n) is 2.83. The van der Waals surface area contributed by atoms with Crippen molar-refractivity contribution in [2.75, 3.05) is 7.11 Å². The molecule has 0 saturated heterocycles. The number of aromatic nitrogens is 1. The topological polar surface area (TPSA) is 63.2 Å². The number of nitrogens with zero attached hydrogens (tertiary/aromatic N) is 1. The van der Waals surface area contributed by atoms with Crippen molar-refractivity contribution in [1.82, 2.24) is 15.6 Å². The molecule has 2 rings (SSSR count). The van der Waals surface area contributed by atoms with Crippen LogP contribution in [-0.2, 0) is 4.74 Å². The molecule has 0 aliphatic heterocycles. The number of carbonyl (C=O) groups excluding carboxylic acids is 1. The largest absolute Gasteiger partial charge is 0.378 e. The molecule has 0 radical (unpaired) electrons. The molecule has 1 aliphatic carbocycles. The predicted molar refractivity (Wildman–Crippen MR) is 81.9 cm³/mol. The van der Waals surface area contributed by atoms with Crippen molar-refractivity contribution in [3.63, 3.8) is 0 Å². The third-order valence-corrected chi connectivity index (χ3v) is 5.06. The van der Waals surface area contributed by atoms with Gasteiger partial charge in [-0.2, -0.15) is 0 Å². The molecule has 2 amide bonds. The Morgan fingerprint density at radius 3 is 2.67 bits per heavy atom. The van der Waals surface area contributed by atoms with Crippen LogP contribution >= 0.6 is 0 Å². The molecule has 1 fully saturated rings. The van der Waals surface area contributed by atoms with Crippen LogP contribution in [0.1, 0.15) is 45.9 Å². The van der Waals surface area contributed by atoms with Crippen molar-refractivity contribution in [3.8, 4) is 0 Å². The minimum Gasteiger partial charge on any atom is -0.378 e. The molecule has 5 nitrogen and oxygen atoms in total. The smallest absolute Gasteiger partial charge is 0.315 e. The first kappa shape index (κ1) is 15.8. The first-order valence-corrected chi connectivity index (χ1v) is 7.33. The van der Waals surface area contributed by atoms with E-state index in [-0.39, 0.29) is 29.1 Å². The Kier molecular flexibility index (Phi) is 4.23. The van der Waals surface area contributed by atoms with Crippen LogP contribution in [0.4, 0.5) is 4.79 Å². The lowest BCUT2D eigenvalue weighted by Crippen LogP contribution is -2.69. The summed E-state index contributed by atoms with van der Waals surface area (Å²) in [4.78, 5) is 16.4. The standard InChI is InChI=1S/C16H25N3O2/c1-11(12-8-6-7-9-17-12)18-14(20)19-13-10-16(4,21-5)15(13,2)3/h6-9,11,13H,10H2,1-5H3,(H2,18,19,20)/t11-,13-,16-/m1/s1. The molecule has 2 N–H and O–H groups in total. The van der Waals surface area contributed by atoms with Gasteiger partial charge in [-0.15, -0.1) is 0 Å². The zero-order valence-electron chi connectivity index (χ0n) is 13.4. The molecule has 1 saturated carbocycles. The van der Waals surface area contributed by atoms with Gasteiger partial charge in [-0.05, 0) is 32.4 Å². The Morgan fingerprint density at radius 1 is 1.43 bits per heavy atom. The molecule has 0 unspecified atom stereocenters. The number of ether oxygens (including phenoxy) is 1. The second-order valence-corrected chi connectivity index (χ2v) is 6.51. The molecule has 1 aromatic rings. The zero-order valence-corrected chi connectivity index (χ0v) is 13.4. The van der Waals surface area contributed by atoms with Crippen LogP contribution in [0.3, 0.4) is 0 Å². The molecule has 5 heteroatoms. The molecule has 1 aliphatic rings.